The molecule has 1 amide bonds. The first-order valence-electron chi connectivity index (χ1n) is 6.23. The summed E-state index contributed by atoms with van der Waals surface area (Å²) in [6.45, 7) is 4.58. The predicted molar refractivity (Wildman–Crippen MR) is 68.8 cm³/mol. The van der Waals surface area contributed by atoms with Crippen LogP contribution in [-0.2, 0) is 9.53 Å². The van der Waals surface area contributed by atoms with Crippen LogP contribution in [0.25, 0.3) is 0 Å². The van der Waals surface area contributed by atoms with Crippen molar-refractivity contribution in [1.29, 1.82) is 0 Å². The van der Waals surface area contributed by atoms with Gasteiger partial charge in [-0.15, -0.1) is 0 Å². The van der Waals surface area contributed by atoms with Crippen LogP contribution in [0.1, 0.15) is 18.4 Å². The van der Waals surface area contributed by atoms with Crippen LogP contribution in [0, 0.1) is 0 Å². The van der Waals surface area contributed by atoms with E-state index in [0.717, 1.165) is 11.3 Å². The normalized spacial score (nSPS) is 17.3. The third kappa shape index (κ3) is 2.82. The minimum absolute atomic E-state index is 0.141. The quantitative estimate of drug-likeness (QED) is 0.817. The topological polar surface area (TPSA) is 38.8 Å². The summed E-state index contributed by atoms with van der Waals surface area (Å²) in [6.07, 6.45) is 0. The first-order valence-corrected chi connectivity index (χ1v) is 6.23. The summed E-state index contributed by atoms with van der Waals surface area (Å²) in [5.41, 5.74) is 0.992. The summed E-state index contributed by atoms with van der Waals surface area (Å²) >= 11 is 0. The third-order valence-corrected chi connectivity index (χ3v) is 3.29. The average molecular weight is 249 g/mol. The maximum absolute atomic E-state index is 12.3. The Kier molecular flexibility index (Phi) is 4.20. The standard InChI is InChI=1S/C14H19NO3/c1-11(12-4-3-5-13(10-12)17-2)14(16)15-6-8-18-9-7-15/h3-5,10-11H,6-9H2,1-2H3. The zero-order valence-electron chi connectivity index (χ0n) is 10.9. The van der Waals surface area contributed by atoms with E-state index in [0.29, 0.717) is 26.3 Å². The van der Waals surface area contributed by atoms with Crippen molar-refractivity contribution in [2.75, 3.05) is 33.4 Å². The molecule has 4 heteroatoms. The molecular weight excluding hydrogens is 230 g/mol. The van der Waals surface area contributed by atoms with E-state index >= 15 is 0 Å². The van der Waals surface area contributed by atoms with Crippen molar-refractivity contribution < 1.29 is 14.3 Å². The van der Waals surface area contributed by atoms with Gasteiger partial charge in [0.05, 0.1) is 26.2 Å². The van der Waals surface area contributed by atoms with E-state index in [4.69, 9.17) is 9.47 Å². The van der Waals surface area contributed by atoms with E-state index in [1.165, 1.54) is 0 Å². The monoisotopic (exact) mass is 249 g/mol. The predicted octanol–water partition coefficient (Wildman–Crippen LogP) is 1.66. The van der Waals surface area contributed by atoms with Crippen molar-refractivity contribution in [1.82, 2.24) is 4.90 Å². The number of ether oxygens (including phenoxy) is 2. The molecule has 1 aromatic carbocycles. The van der Waals surface area contributed by atoms with Gasteiger partial charge in [0, 0.05) is 13.1 Å². The Labute approximate surface area is 107 Å². The number of benzene rings is 1. The summed E-state index contributed by atoms with van der Waals surface area (Å²) in [4.78, 5) is 14.2. The van der Waals surface area contributed by atoms with Crippen molar-refractivity contribution in [2.45, 2.75) is 12.8 Å². The van der Waals surface area contributed by atoms with Crippen LogP contribution >= 0.6 is 0 Å². The van der Waals surface area contributed by atoms with Crippen LogP contribution in [0.3, 0.4) is 0 Å². The van der Waals surface area contributed by atoms with Gasteiger partial charge in [-0.05, 0) is 24.6 Å². The van der Waals surface area contributed by atoms with Gasteiger partial charge in [-0.1, -0.05) is 12.1 Å². The Balaban J connectivity index is 2.09. The maximum Gasteiger partial charge on any atom is 0.229 e. The fourth-order valence-corrected chi connectivity index (χ4v) is 2.11. The van der Waals surface area contributed by atoms with Crippen LogP contribution < -0.4 is 4.74 Å². The van der Waals surface area contributed by atoms with Crippen LogP contribution in [-0.4, -0.2) is 44.2 Å². The van der Waals surface area contributed by atoms with Gasteiger partial charge in [-0.3, -0.25) is 4.79 Å². The Hall–Kier alpha value is -1.55. The molecule has 0 aromatic heterocycles. The van der Waals surface area contributed by atoms with Gasteiger partial charge >= 0.3 is 0 Å². The second-order valence-corrected chi connectivity index (χ2v) is 4.44. The molecule has 98 valence electrons. The zero-order valence-corrected chi connectivity index (χ0v) is 10.9. The Morgan fingerprint density at radius 1 is 1.39 bits per heavy atom. The molecule has 0 aliphatic carbocycles. The highest BCUT2D eigenvalue weighted by atomic mass is 16.5. The van der Waals surface area contributed by atoms with E-state index in [9.17, 15) is 4.79 Å². The molecule has 4 nitrogen and oxygen atoms in total. The molecule has 2 rings (SSSR count). The van der Waals surface area contributed by atoms with Crippen molar-refractivity contribution in [3.63, 3.8) is 0 Å². The molecule has 0 spiro atoms. The zero-order chi connectivity index (χ0) is 13.0. The van der Waals surface area contributed by atoms with E-state index in [-0.39, 0.29) is 11.8 Å². The number of morpholine rings is 1. The average Bonchev–Trinajstić information content (AvgIpc) is 2.46. The molecule has 1 saturated heterocycles. The van der Waals surface area contributed by atoms with Gasteiger partial charge in [0.15, 0.2) is 0 Å². The SMILES string of the molecule is COc1cccc(C(C)C(=O)N2CCOCC2)c1. The minimum atomic E-state index is -0.141. The molecule has 0 radical (unpaired) electrons. The molecule has 1 heterocycles. The second-order valence-electron chi connectivity index (χ2n) is 4.44. The summed E-state index contributed by atoms with van der Waals surface area (Å²) in [7, 11) is 1.63. The molecule has 0 bridgehead atoms. The van der Waals surface area contributed by atoms with Crippen molar-refractivity contribution in [2.24, 2.45) is 0 Å². The van der Waals surface area contributed by atoms with Gasteiger partial charge in [0.2, 0.25) is 5.91 Å². The lowest BCUT2D eigenvalue weighted by molar-refractivity contribution is -0.136. The lowest BCUT2D eigenvalue weighted by atomic mass is 9.99. The van der Waals surface area contributed by atoms with Crippen LogP contribution in [0.15, 0.2) is 24.3 Å². The molecule has 0 saturated carbocycles. The summed E-state index contributed by atoms with van der Waals surface area (Å²) in [5.74, 6) is 0.805. The van der Waals surface area contributed by atoms with E-state index < -0.39 is 0 Å². The fourth-order valence-electron chi connectivity index (χ4n) is 2.11. The molecule has 0 N–H and O–H groups in total. The third-order valence-electron chi connectivity index (χ3n) is 3.29. The molecule has 1 aliphatic rings. The lowest BCUT2D eigenvalue weighted by Crippen LogP contribution is -2.42. The van der Waals surface area contributed by atoms with Crippen molar-refractivity contribution >= 4 is 5.91 Å². The van der Waals surface area contributed by atoms with E-state index in [1.54, 1.807) is 7.11 Å². The van der Waals surface area contributed by atoms with Crippen LogP contribution in [0.5, 0.6) is 5.75 Å². The van der Waals surface area contributed by atoms with Crippen LogP contribution in [0.4, 0.5) is 0 Å². The van der Waals surface area contributed by atoms with Gasteiger partial charge in [0.1, 0.15) is 5.75 Å². The Morgan fingerprint density at radius 3 is 2.78 bits per heavy atom. The van der Waals surface area contributed by atoms with Crippen LogP contribution in [0.2, 0.25) is 0 Å². The van der Waals surface area contributed by atoms with E-state index in [2.05, 4.69) is 0 Å². The lowest BCUT2D eigenvalue weighted by Gasteiger charge is -2.29. The highest BCUT2D eigenvalue weighted by molar-refractivity contribution is 5.83. The number of nitrogens with zero attached hydrogens (tertiary/aromatic N) is 1. The Morgan fingerprint density at radius 2 is 2.11 bits per heavy atom. The number of amides is 1. The van der Waals surface area contributed by atoms with E-state index in [1.807, 2.05) is 36.1 Å². The number of carbonyl (C=O) groups excluding carboxylic acids is 1. The van der Waals surface area contributed by atoms with Gasteiger partial charge in [-0.25, -0.2) is 0 Å². The number of rotatable bonds is 3. The number of methoxy groups -OCH3 is 1. The smallest absolute Gasteiger partial charge is 0.229 e. The molecule has 1 fully saturated rings. The minimum Gasteiger partial charge on any atom is -0.497 e. The number of carbonyl (C=O) groups is 1. The largest absolute Gasteiger partial charge is 0.497 e. The summed E-state index contributed by atoms with van der Waals surface area (Å²) < 4.78 is 10.4. The maximum atomic E-state index is 12.3. The van der Waals surface area contributed by atoms with Crippen molar-refractivity contribution in [3.05, 3.63) is 29.8 Å². The summed E-state index contributed by atoms with van der Waals surface area (Å²) in [5, 5.41) is 0. The molecule has 18 heavy (non-hydrogen) atoms. The fraction of sp³-hybridized carbons (Fsp3) is 0.500. The van der Waals surface area contributed by atoms with Crippen molar-refractivity contribution in [3.8, 4) is 5.75 Å². The number of hydrogen-bond acceptors (Lipinski definition) is 3. The molecule has 1 aliphatic heterocycles. The number of hydrogen-bond donors (Lipinski definition) is 0. The molecule has 1 unspecified atom stereocenters. The summed E-state index contributed by atoms with van der Waals surface area (Å²) in [6, 6.07) is 7.68. The first-order chi connectivity index (χ1) is 8.72. The molecule has 1 atom stereocenters. The highest BCUT2D eigenvalue weighted by Crippen LogP contribution is 2.22. The molecule has 1 aromatic rings. The van der Waals surface area contributed by atoms with Gasteiger partial charge in [0.25, 0.3) is 0 Å². The second kappa shape index (κ2) is 5.87. The molecular formula is C14H19NO3. The van der Waals surface area contributed by atoms with Gasteiger partial charge in [-0.2, -0.15) is 0 Å². The Bertz CT molecular complexity index is 413. The highest BCUT2D eigenvalue weighted by Gasteiger charge is 2.23. The van der Waals surface area contributed by atoms with Gasteiger partial charge < -0.3 is 14.4 Å². The first kappa shape index (κ1) is 12.9.